The molecule has 1 aliphatic rings. The first-order valence-corrected chi connectivity index (χ1v) is 11.8. The van der Waals surface area contributed by atoms with Crippen LogP contribution in [0.15, 0.2) is 72.8 Å². The number of benzene rings is 3. The SMILES string of the molecule is O=C(Nc1cccc(C(=O)N2CCN(c3cccc(Cl)c3)CC2)c1)c1nsc2ccccc12. The number of amides is 2. The maximum Gasteiger partial charge on any atom is 0.276 e. The van der Waals surface area contributed by atoms with Gasteiger partial charge in [0.15, 0.2) is 0 Å². The molecule has 1 N–H and O–H groups in total. The zero-order valence-electron chi connectivity index (χ0n) is 17.7. The molecule has 3 aromatic carbocycles. The molecule has 2 heterocycles. The van der Waals surface area contributed by atoms with Gasteiger partial charge in [-0.1, -0.05) is 41.9 Å². The fourth-order valence-electron chi connectivity index (χ4n) is 3.99. The van der Waals surface area contributed by atoms with Gasteiger partial charge in [0.2, 0.25) is 0 Å². The highest BCUT2D eigenvalue weighted by molar-refractivity contribution is 7.13. The quantitative estimate of drug-likeness (QED) is 0.441. The van der Waals surface area contributed by atoms with E-state index in [1.807, 2.05) is 53.4 Å². The average molecular weight is 477 g/mol. The molecular formula is C25H21ClN4O2S. The van der Waals surface area contributed by atoms with Crippen LogP contribution in [0.1, 0.15) is 20.8 Å². The Hall–Kier alpha value is -3.42. The molecule has 166 valence electrons. The van der Waals surface area contributed by atoms with Crippen LogP contribution in [0.2, 0.25) is 5.02 Å². The van der Waals surface area contributed by atoms with Crippen molar-refractivity contribution in [2.45, 2.75) is 0 Å². The van der Waals surface area contributed by atoms with Crippen molar-refractivity contribution in [2.75, 3.05) is 36.4 Å². The fourth-order valence-corrected chi connectivity index (χ4v) is 4.95. The number of carbonyl (C=O) groups excluding carboxylic acids is 2. The van der Waals surface area contributed by atoms with Crippen LogP contribution in [0, 0.1) is 0 Å². The van der Waals surface area contributed by atoms with E-state index in [4.69, 9.17) is 11.6 Å². The van der Waals surface area contributed by atoms with Crippen molar-refractivity contribution >= 4 is 56.4 Å². The monoisotopic (exact) mass is 476 g/mol. The number of fused-ring (bicyclic) bond motifs is 1. The molecule has 1 aliphatic heterocycles. The molecular weight excluding hydrogens is 456 g/mol. The predicted octanol–water partition coefficient (Wildman–Crippen LogP) is 5.16. The van der Waals surface area contributed by atoms with Crippen molar-refractivity contribution in [1.29, 1.82) is 0 Å². The first-order chi connectivity index (χ1) is 16.1. The van der Waals surface area contributed by atoms with Crippen LogP contribution >= 0.6 is 23.1 Å². The van der Waals surface area contributed by atoms with E-state index in [2.05, 4.69) is 14.6 Å². The lowest BCUT2D eigenvalue weighted by Crippen LogP contribution is -2.48. The van der Waals surface area contributed by atoms with E-state index in [1.54, 1.807) is 24.3 Å². The second kappa shape index (κ2) is 9.21. The molecule has 33 heavy (non-hydrogen) atoms. The number of piperazine rings is 1. The first kappa shape index (κ1) is 21.4. The third-order valence-electron chi connectivity index (χ3n) is 5.70. The van der Waals surface area contributed by atoms with Crippen LogP contribution in [0.5, 0.6) is 0 Å². The van der Waals surface area contributed by atoms with Crippen molar-refractivity contribution in [3.63, 3.8) is 0 Å². The third-order valence-corrected chi connectivity index (χ3v) is 6.76. The number of carbonyl (C=O) groups is 2. The summed E-state index contributed by atoms with van der Waals surface area (Å²) in [7, 11) is 0. The Balaban J connectivity index is 1.25. The number of hydrogen-bond donors (Lipinski definition) is 1. The van der Waals surface area contributed by atoms with E-state index < -0.39 is 0 Å². The van der Waals surface area contributed by atoms with E-state index >= 15 is 0 Å². The summed E-state index contributed by atoms with van der Waals surface area (Å²) in [5.41, 5.74) is 2.57. The number of halogens is 1. The van der Waals surface area contributed by atoms with Crippen molar-refractivity contribution in [3.8, 4) is 0 Å². The second-order valence-corrected chi connectivity index (χ2v) is 9.06. The Morgan fingerprint density at radius 3 is 2.52 bits per heavy atom. The Kier molecular flexibility index (Phi) is 5.98. The minimum atomic E-state index is -0.285. The van der Waals surface area contributed by atoms with Gasteiger partial charge >= 0.3 is 0 Å². The molecule has 0 spiro atoms. The smallest absolute Gasteiger partial charge is 0.276 e. The van der Waals surface area contributed by atoms with Gasteiger partial charge in [0.05, 0.1) is 4.70 Å². The molecule has 0 radical (unpaired) electrons. The number of rotatable bonds is 4. The highest BCUT2D eigenvalue weighted by atomic mass is 35.5. The van der Waals surface area contributed by atoms with Crippen LogP contribution < -0.4 is 10.2 Å². The topological polar surface area (TPSA) is 65.5 Å². The van der Waals surface area contributed by atoms with Crippen LogP contribution in [-0.2, 0) is 0 Å². The summed E-state index contributed by atoms with van der Waals surface area (Å²) >= 11 is 7.41. The summed E-state index contributed by atoms with van der Waals surface area (Å²) in [5.74, 6) is -0.330. The maximum absolute atomic E-state index is 13.1. The van der Waals surface area contributed by atoms with Crippen LogP contribution in [0.3, 0.4) is 0 Å². The van der Waals surface area contributed by atoms with E-state index in [0.29, 0.717) is 35.1 Å². The summed E-state index contributed by atoms with van der Waals surface area (Å²) in [5, 5.41) is 4.41. The van der Waals surface area contributed by atoms with Crippen LogP contribution in [-0.4, -0.2) is 47.3 Å². The van der Waals surface area contributed by atoms with Crippen LogP contribution in [0.25, 0.3) is 10.1 Å². The van der Waals surface area contributed by atoms with Crippen LogP contribution in [0.4, 0.5) is 11.4 Å². The van der Waals surface area contributed by atoms with E-state index in [9.17, 15) is 9.59 Å². The zero-order valence-corrected chi connectivity index (χ0v) is 19.3. The molecule has 5 rings (SSSR count). The lowest BCUT2D eigenvalue weighted by atomic mass is 10.1. The van der Waals surface area contributed by atoms with Gasteiger partial charge in [0.25, 0.3) is 11.8 Å². The van der Waals surface area contributed by atoms with Crippen molar-refractivity contribution < 1.29 is 9.59 Å². The normalized spacial score (nSPS) is 13.8. The summed E-state index contributed by atoms with van der Waals surface area (Å²) in [6, 6.07) is 22.5. The highest BCUT2D eigenvalue weighted by Gasteiger charge is 2.23. The fraction of sp³-hybridized carbons (Fsp3) is 0.160. The lowest BCUT2D eigenvalue weighted by Gasteiger charge is -2.36. The summed E-state index contributed by atoms with van der Waals surface area (Å²) in [4.78, 5) is 30.0. The van der Waals surface area contributed by atoms with Gasteiger partial charge in [0.1, 0.15) is 5.69 Å². The van der Waals surface area contributed by atoms with Crippen molar-refractivity contribution in [1.82, 2.24) is 9.27 Å². The van der Waals surface area contributed by atoms with Crippen molar-refractivity contribution in [3.05, 3.63) is 89.1 Å². The number of nitrogens with zero attached hydrogens (tertiary/aromatic N) is 3. The third kappa shape index (κ3) is 4.55. The minimum absolute atomic E-state index is 0.0454. The molecule has 0 atom stereocenters. The Labute approximate surface area is 200 Å². The molecule has 4 aromatic rings. The Morgan fingerprint density at radius 2 is 1.70 bits per heavy atom. The first-order valence-electron chi connectivity index (χ1n) is 10.6. The molecule has 2 amide bonds. The number of hydrogen-bond acceptors (Lipinski definition) is 5. The molecule has 0 aliphatic carbocycles. The standard InChI is InChI=1S/C25H21ClN4O2S/c26-18-6-4-8-20(16-18)29-11-13-30(14-12-29)25(32)17-5-3-7-19(15-17)27-24(31)23-21-9-1-2-10-22(21)33-28-23/h1-10,15-16H,11-14H2,(H,27,31). The van der Waals surface area contributed by atoms with Gasteiger partial charge in [-0.3, -0.25) is 9.59 Å². The second-order valence-electron chi connectivity index (χ2n) is 7.82. The molecule has 1 saturated heterocycles. The molecule has 0 bridgehead atoms. The van der Waals surface area contributed by atoms with Gasteiger partial charge in [-0.05, 0) is 54.0 Å². The molecule has 8 heteroatoms. The minimum Gasteiger partial charge on any atom is -0.368 e. The van der Waals surface area contributed by atoms with Crippen molar-refractivity contribution in [2.24, 2.45) is 0 Å². The summed E-state index contributed by atoms with van der Waals surface area (Å²) in [6.07, 6.45) is 0. The van der Waals surface area contributed by atoms with E-state index in [1.165, 1.54) is 11.5 Å². The average Bonchev–Trinajstić information content (AvgIpc) is 3.28. The largest absolute Gasteiger partial charge is 0.368 e. The number of aromatic nitrogens is 1. The number of anilines is 2. The lowest BCUT2D eigenvalue weighted by molar-refractivity contribution is 0.0746. The van der Waals surface area contributed by atoms with Gasteiger partial charge in [-0.15, -0.1) is 0 Å². The van der Waals surface area contributed by atoms with Gasteiger partial charge in [-0.25, -0.2) is 0 Å². The maximum atomic E-state index is 13.1. The molecule has 0 unspecified atom stereocenters. The van der Waals surface area contributed by atoms with Gasteiger partial charge in [0, 0.05) is 53.5 Å². The molecule has 1 aromatic heterocycles. The predicted molar refractivity (Wildman–Crippen MR) is 134 cm³/mol. The zero-order chi connectivity index (χ0) is 22.8. The molecule has 6 nitrogen and oxygen atoms in total. The van der Waals surface area contributed by atoms with E-state index in [0.717, 1.165) is 28.9 Å². The highest BCUT2D eigenvalue weighted by Crippen LogP contribution is 2.24. The number of nitrogens with one attached hydrogen (secondary N) is 1. The molecule has 0 saturated carbocycles. The van der Waals surface area contributed by atoms with Gasteiger partial charge < -0.3 is 15.1 Å². The summed E-state index contributed by atoms with van der Waals surface area (Å²) < 4.78 is 5.26. The van der Waals surface area contributed by atoms with E-state index in [-0.39, 0.29) is 11.8 Å². The molecule has 1 fully saturated rings. The Bertz CT molecular complexity index is 1330. The Morgan fingerprint density at radius 1 is 0.909 bits per heavy atom. The summed E-state index contributed by atoms with van der Waals surface area (Å²) in [6.45, 7) is 2.71. The van der Waals surface area contributed by atoms with Gasteiger partial charge in [-0.2, -0.15) is 4.37 Å².